The van der Waals surface area contributed by atoms with Crippen LogP contribution < -0.4 is 0 Å². The molecular formula is C10H12O6. The van der Waals surface area contributed by atoms with Gasteiger partial charge in [-0.15, -0.1) is 0 Å². The molecule has 0 spiro atoms. The summed E-state index contributed by atoms with van der Waals surface area (Å²) in [7, 11) is 0. The molecule has 1 aliphatic heterocycles. The minimum atomic E-state index is -0.677. The number of rotatable bonds is 4. The molecule has 1 unspecified atom stereocenters. The number of ether oxygens (including phenoxy) is 3. The Hall–Kier alpha value is -1.85. The van der Waals surface area contributed by atoms with E-state index in [-0.39, 0.29) is 6.61 Å². The molecule has 0 radical (unpaired) electrons. The number of carbonyl (C=O) groups excluding carboxylic acids is 3. The summed E-state index contributed by atoms with van der Waals surface area (Å²) >= 11 is 0. The van der Waals surface area contributed by atoms with E-state index in [1.54, 1.807) is 0 Å². The summed E-state index contributed by atoms with van der Waals surface area (Å²) in [6.07, 6.45) is -0.138. The SMILES string of the molecule is C=C1CC(COC(=O)COC(C)=O)OC1=O. The third-order valence-corrected chi connectivity index (χ3v) is 1.86. The van der Waals surface area contributed by atoms with Crippen molar-refractivity contribution >= 4 is 17.9 Å². The zero-order chi connectivity index (χ0) is 12.1. The number of carbonyl (C=O) groups is 3. The molecule has 0 saturated carbocycles. The van der Waals surface area contributed by atoms with E-state index in [9.17, 15) is 14.4 Å². The average Bonchev–Trinajstić information content (AvgIpc) is 2.52. The molecule has 0 aromatic carbocycles. The van der Waals surface area contributed by atoms with Crippen molar-refractivity contribution in [3.8, 4) is 0 Å². The van der Waals surface area contributed by atoms with Gasteiger partial charge in [-0.2, -0.15) is 0 Å². The Morgan fingerprint density at radius 2 is 2.19 bits per heavy atom. The third kappa shape index (κ3) is 3.72. The van der Waals surface area contributed by atoms with Gasteiger partial charge in [0.2, 0.25) is 0 Å². The zero-order valence-corrected chi connectivity index (χ0v) is 8.86. The minimum absolute atomic E-state index is 0.0507. The molecule has 0 aliphatic carbocycles. The lowest BCUT2D eigenvalue weighted by Crippen LogP contribution is -2.21. The van der Waals surface area contributed by atoms with E-state index in [2.05, 4.69) is 11.3 Å². The number of cyclic esters (lactones) is 1. The van der Waals surface area contributed by atoms with Gasteiger partial charge in [0.15, 0.2) is 6.61 Å². The Kier molecular flexibility index (Phi) is 4.04. The van der Waals surface area contributed by atoms with Crippen LogP contribution in [-0.4, -0.2) is 37.2 Å². The lowest BCUT2D eigenvalue weighted by Gasteiger charge is -2.09. The van der Waals surface area contributed by atoms with Crippen LogP contribution in [0.4, 0.5) is 0 Å². The molecule has 0 N–H and O–H groups in total. The largest absolute Gasteiger partial charge is 0.459 e. The van der Waals surface area contributed by atoms with Crippen molar-refractivity contribution in [2.75, 3.05) is 13.2 Å². The molecule has 6 nitrogen and oxygen atoms in total. The van der Waals surface area contributed by atoms with Crippen LogP contribution in [0.3, 0.4) is 0 Å². The Labute approximate surface area is 92.2 Å². The fraction of sp³-hybridized carbons (Fsp3) is 0.500. The van der Waals surface area contributed by atoms with Crippen LogP contribution >= 0.6 is 0 Å². The van der Waals surface area contributed by atoms with Crippen LogP contribution in [0.25, 0.3) is 0 Å². The summed E-state index contributed by atoms with van der Waals surface area (Å²) in [6.45, 7) is 4.19. The zero-order valence-electron chi connectivity index (χ0n) is 8.86. The number of esters is 3. The van der Waals surface area contributed by atoms with Crippen molar-refractivity contribution in [2.24, 2.45) is 0 Å². The first-order valence-corrected chi connectivity index (χ1v) is 4.66. The summed E-state index contributed by atoms with van der Waals surface area (Å²) < 4.78 is 14.0. The van der Waals surface area contributed by atoms with Gasteiger partial charge in [-0.3, -0.25) is 4.79 Å². The molecule has 88 valence electrons. The van der Waals surface area contributed by atoms with Crippen molar-refractivity contribution in [3.63, 3.8) is 0 Å². The molecule has 6 heteroatoms. The monoisotopic (exact) mass is 228 g/mol. The smallest absolute Gasteiger partial charge is 0.344 e. The molecule has 1 aliphatic rings. The molecular weight excluding hydrogens is 216 g/mol. The van der Waals surface area contributed by atoms with Gasteiger partial charge in [0.05, 0.1) is 0 Å². The highest BCUT2D eigenvalue weighted by atomic mass is 16.6. The fourth-order valence-corrected chi connectivity index (χ4v) is 1.12. The van der Waals surface area contributed by atoms with Gasteiger partial charge in [-0.25, -0.2) is 9.59 Å². The molecule has 1 rings (SSSR count). The molecule has 1 atom stereocenters. The lowest BCUT2D eigenvalue weighted by atomic mass is 10.2. The Balaban J connectivity index is 2.20. The maximum absolute atomic E-state index is 11.0. The summed E-state index contributed by atoms with van der Waals surface area (Å²) in [6, 6.07) is 0. The molecule has 1 heterocycles. The summed E-state index contributed by atoms with van der Waals surface area (Å²) in [4.78, 5) is 32.3. The molecule has 0 aromatic heterocycles. The maximum Gasteiger partial charge on any atom is 0.344 e. The molecule has 0 bridgehead atoms. The van der Waals surface area contributed by atoms with E-state index in [0.29, 0.717) is 12.0 Å². The second-order valence-corrected chi connectivity index (χ2v) is 3.30. The summed E-state index contributed by atoms with van der Waals surface area (Å²) in [5, 5.41) is 0. The van der Waals surface area contributed by atoms with Gasteiger partial charge in [0, 0.05) is 18.9 Å². The van der Waals surface area contributed by atoms with Crippen LogP contribution in [0, 0.1) is 0 Å². The van der Waals surface area contributed by atoms with Crippen molar-refractivity contribution in [1.82, 2.24) is 0 Å². The van der Waals surface area contributed by atoms with Crippen molar-refractivity contribution in [2.45, 2.75) is 19.4 Å². The second kappa shape index (κ2) is 5.29. The van der Waals surface area contributed by atoms with Gasteiger partial charge in [0.25, 0.3) is 0 Å². The third-order valence-electron chi connectivity index (χ3n) is 1.86. The molecule has 0 aromatic rings. The predicted molar refractivity (Wildman–Crippen MR) is 51.2 cm³/mol. The van der Waals surface area contributed by atoms with Gasteiger partial charge < -0.3 is 14.2 Å². The van der Waals surface area contributed by atoms with Gasteiger partial charge in [-0.1, -0.05) is 6.58 Å². The van der Waals surface area contributed by atoms with Crippen molar-refractivity contribution < 1.29 is 28.6 Å². The van der Waals surface area contributed by atoms with E-state index in [4.69, 9.17) is 9.47 Å². The standard InChI is InChI=1S/C10H12O6/c1-6-3-8(16-10(6)13)4-15-9(12)5-14-7(2)11/h8H,1,3-5H2,2H3. The quantitative estimate of drug-likeness (QED) is 0.382. The summed E-state index contributed by atoms with van der Waals surface area (Å²) in [5.41, 5.74) is 0.362. The van der Waals surface area contributed by atoms with E-state index in [1.807, 2.05) is 0 Å². The van der Waals surface area contributed by atoms with Crippen molar-refractivity contribution in [1.29, 1.82) is 0 Å². The van der Waals surface area contributed by atoms with Crippen molar-refractivity contribution in [3.05, 3.63) is 12.2 Å². The number of hydrogen-bond donors (Lipinski definition) is 0. The highest BCUT2D eigenvalue weighted by molar-refractivity contribution is 5.89. The van der Waals surface area contributed by atoms with E-state index >= 15 is 0 Å². The normalized spacial score (nSPS) is 19.2. The average molecular weight is 228 g/mol. The van der Waals surface area contributed by atoms with Crippen LogP contribution in [0.1, 0.15) is 13.3 Å². The van der Waals surface area contributed by atoms with Gasteiger partial charge >= 0.3 is 17.9 Å². The predicted octanol–water partition coefficient (Wildman–Crippen LogP) is -0.0356. The first-order valence-electron chi connectivity index (χ1n) is 4.66. The fourth-order valence-electron chi connectivity index (χ4n) is 1.12. The highest BCUT2D eigenvalue weighted by Gasteiger charge is 2.28. The molecule has 1 fully saturated rings. The highest BCUT2D eigenvalue weighted by Crippen LogP contribution is 2.18. The minimum Gasteiger partial charge on any atom is -0.459 e. The Bertz CT molecular complexity index is 316. The molecule has 16 heavy (non-hydrogen) atoms. The topological polar surface area (TPSA) is 78.9 Å². The maximum atomic E-state index is 11.0. The second-order valence-electron chi connectivity index (χ2n) is 3.30. The Morgan fingerprint density at radius 1 is 1.50 bits per heavy atom. The van der Waals surface area contributed by atoms with Crippen LogP contribution in [-0.2, 0) is 28.6 Å². The first-order chi connectivity index (χ1) is 7.49. The molecule has 1 saturated heterocycles. The van der Waals surface area contributed by atoms with Crippen LogP contribution in [0.5, 0.6) is 0 Å². The lowest BCUT2D eigenvalue weighted by molar-refractivity contribution is -0.161. The Morgan fingerprint density at radius 3 is 2.69 bits per heavy atom. The van der Waals surface area contributed by atoms with E-state index < -0.39 is 30.6 Å². The van der Waals surface area contributed by atoms with Crippen LogP contribution in [0.2, 0.25) is 0 Å². The molecule has 0 amide bonds. The van der Waals surface area contributed by atoms with Crippen LogP contribution in [0.15, 0.2) is 12.2 Å². The number of hydrogen-bond acceptors (Lipinski definition) is 6. The van der Waals surface area contributed by atoms with Gasteiger partial charge in [0.1, 0.15) is 12.7 Å². The van der Waals surface area contributed by atoms with Gasteiger partial charge in [-0.05, 0) is 0 Å². The van der Waals surface area contributed by atoms with E-state index in [0.717, 1.165) is 0 Å². The van der Waals surface area contributed by atoms with E-state index in [1.165, 1.54) is 6.92 Å². The summed E-state index contributed by atoms with van der Waals surface area (Å²) in [5.74, 6) is -1.71. The first kappa shape index (κ1) is 12.2.